The van der Waals surface area contributed by atoms with Gasteiger partial charge in [-0.2, -0.15) is 13.2 Å². The molecular weight excluding hydrogens is 470 g/mol. The number of rotatable bonds is 6. The van der Waals surface area contributed by atoms with Gasteiger partial charge < -0.3 is 14.5 Å². The Kier molecular flexibility index (Phi) is 6.62. The van der Waals surface area contributed by atoms with Crippen LogP contribution in [0.25, 0.3) is 11.6 Å². The summed E-state index contributed by atoms with van der Waals surface area (Å²) in [7, 11) is 0. The summed E-state index contributed by atoms with van der Waals surface area (Å²) in [6, 6.07) is 10.3. The number of alkyl halides is 3. The van der Waals surface area contributed by atoms with E-state index in [0.717, 1.165) is 29.5 Å². The van der Waals surface area contributed by atoms with Crippen molar-refractivity contribution in [3.8, 4) is 23.1 Å². The van der Waals surface area contributed by atoms with Crippen molar-refractivity contribution in [2.45, 2.75) is 13.1 Å². The smallest absolute Gasteiger partial charge is 0.416 e. The number of nitrogens with zero attached hydrogens (tertiary/aromatic N) is 4. The quantitative estimate of drug-likeness (QED) is 0.329. The van der Waals surface area contributed by atoms with E-state index >= 15 is 0 Å². The van der Waals surface area contributed by atoms with Crippen molar-refractivity contribution < 1.29 is 31.5 Å². The van der Waals surface area contributed by atoms with Crippen molar-refractivity contribution in [1.82, 2.24) is 15.2 Å². The molecule has 2 amide bonds. The minimum Gasteiger partial charge on any atom is -0.457 e. The molecule has 0 saturated heterocycles. The fraction of sp³-hybridized carbons (Fsp3) is 0.130. The fourth-order valence-electron chi connectivity index (χ4n) is 3.17. The maximum atomic E-state index is 14.9. The number of hydrogen-bond donors (Lipinski definition) is 1. The van der Waals surface area contributed by atoms with Gasteiger partial charge in [-0.25, -0.2) is 9.18 Å². The zero-order valence-electron chi connectivity index (χ0n) is 18.1. The molecule has 0 spiro atoms. The van der Waals surface area contributed by atoms with E-state index in [1.165, 1.54) is 36.5 Å². The maximum Gasteiger partial charge on any atom is 0.416 e. The van der Waals surface area contributed by atoms with Crippen LogP contribution in [0.3, 0.4) is 0 Å². The molecule has 0 atom stereocenters. The van der Waals surface area contributed by atoms with Crippen LogP contribution in [0.15, 0.2) is 71.6 Å². The van der Waals surface area contributed by atoms with Crippen molar-refractivity contribution >= 4 is 17.4 Å². The van der Waals surface area contributed by atoms with E-state index in [2.05, 4.69) is 20.5 Å². The van der Waals surface area contributed by atoms with Gasteiger partial charge in [0.25, 0.3) is 5.89 Å². The third-order valence-electron chi connectivity index (χ3n) is 4.76. The zero-order chi connectivity index (χ0) is 25.0. The molecule has 0 saturated carbocycles. The topological polar surface area (TPSA) is 93.4 Å². The minimum atomic E-state index is -4.56. The Hall–Kier alpha value is -4.48. The van der Waals surface area contributed by atoms with E-state index in [9.17, 15) is 22.4 Å². The van der Waals surface area contributed by atoms with Gasteiger partial charge in [0.15, 0.2) is 5.82 Å². The van der Waals surface area contributed by atoms with Crippen molar-refractivity contribution in [1.29, 1.82) is 0 Å². The van der Waals surface area contributed by atoms with Gasteiger partial charge in [0.2, 0.25) is 6.39 Å². The first kappa shape index (κ1) is 23.7. The monoisotopic (exact) mass is 487 g/mol. The number of carbonyl (C=O) groups excluding carboxylic acids is 1. The van der Waals surface area contributed by atoms with Crippen LogP contribution < -0.4 is 15.0 Å². The Morgan fingerprint density at radius 3 is 2.60 bits per heavy atom. The van der Waals surface area contributed by atoms with Crippen molar-refractivity contribution in [3.63, 3.8) is 0 Å². The molecule has 0 aliphatic heterocycles. The highest BCUT2D eigenvalue weighted by molar-refractivity contribution is 6.01. The number of amides is 2. The number of pyridine rings is 1. The van der Waals surface area contributed by atoms with Crippen LogP contribution in [-0.4, -0.2) is 27.8 Å². The number of nitrogens with one attached hydrogen (secondary N) is 1. The Morgan fingerprint density at radius 1 is 1.11 bits per heavy atom. The van der Waals surface area contributed by atoms with Gasteiger partial charge in [0.1, 0.15) is 17.2 Å². The first-order chi connectivity index (χ1) is 16.7. The van der Waals surface area contributed by atoms with Gasteiger partial charge in [-0.05, 0) is 43.3 Å². The number of halogens is 4. The second kappa shape index (κ2) is 9.79. The van der Waals surface area contributed by atoms with E-state index in [-0.39, 0.29) is 29.6 Å². The Balaban J connectivity index is 1.50. The molecule has 0 unspecified atom stereocenters. The molecule has 4 rings (SSSR count). The average Bonchev–Trinajstić information content (AvgIpc) is 3.36. The minimum absolute atomic E-state index is 0.0554. The Labute approximate surface area is 196 Å². The first-order valence-corrected chi connectivity index (χ1v) is 10.2. The third kappa shape index (κ3) is 5.54. The Bertz CT molecular complexity index is 1330. The second-order valence-corrected chi connectivity index (χ2v) is 7.09. The number of ether oxygens (including phenoxy) is 1. The van der Waals surface area contributed by atoms with Gasteiger partial charge in [-0.3, -0.25) is 9.88 Å². The van der Waals surface area contributed by atoms with Crippen molar-refractivity contribution in [2.24, 2.45) is 0 Å². The van der Waals surface area contributed by atoms with Crippen LogP contribution >= 0.6 is 0 Å². The highest BCUT2D eigenvalue weighted by Crippen LogP contribution is 2.32. The Morgan fingerprint density at radius 2 is 1.91 bits per heavy atom. The third-order valence-corrected chi connectivity index (χ3v) is 4.76. The molecule has 2 aromatic carbocycles. The standard InChI is InChI=1S/C23H17F4N5O3/c1-2-32(22(33)30-15-5-3-4-14(10-15)23(25,26)27)20-7-6-16(11-18(20)24)35-17-8-9-28-19(12-17)21-31-29-13-34-21/h3-13H,2H2,1H3,(H,30,33). The van der Waals surface area contributed by atoms with Crippen molar-refractivity contribution in [3.05, 3.63) is 78.6 Å². The predicted molar refractivity (Wildman–Crippen MR) is 117 cm³/mol. The van der Waals surface area contributed by atoms with Gasteiger partial charge in [0, 0.05) is 30.6 Å². The molecule has 0 aliphatic carbocycles. The van der Waals surface area contributed by atoms with Crippen LogP contribution in [0.2, 0.25) is 0 Å². The van der Waals surface area contributed by atoms with E-state index in [0.29, 0.717) is 11.4 Å². The van der Waals surface area contributed by atoms with Crippen molar-refractivity contribution in [2.75, 3.05) is 16.8 Å². The molecule has 0 aliphatic rings. The molecule has 0 bridgehead atoms. The molecule has 1 N–H and O–H groups in total. The molecule has 35 heavy (non-hydrogen) atoms. The summed E-state index contributed by atoms with van der Waals surface area (Å²) in [4.78, 5) is 17.8. The van der Waals surface area contributed by atoms with Crippen LogP contribution in [0.1, 0.15) is 12.5 Å². The molecule has 0 radical (unpaired) electrons. The fourth-order valence-corrected chi connectivity index (χ4v) is 3.17. The molecule has 2 heterocycles. The maximum absolute atomic E-state index is 14.9. The van der Waals surface area contributed by atoms with Crippen LogP contribution in [-0.2, 0) is 6.18 Å². The SMILES string of the molecule is CCN(C(=O)Nc1cccc(C(F)(F)F)c1)c1ccc(Oc2ccnc(-c3nnco3)c2)cc1F. The predicted octanol–water partition coefficient (Wildman–Crippen LogP) is 6.14. The summed E-state index contributed by atoms with van der Waals surface area (Å²) in [6.45, 7) is 1.66. The lowest BCUT2D eigenvalue weighted by Crippen LogP contribution is -2.35. The molecule has 2 aromatic heterocycles. The lowest BCUT2D eigenvalue weighted by atomic mass is 10.2. The summed E-state index contributed by atoms with van der Waals surface area (Å²) < 4.78 is 64.5. The van der Waals surface area contributed by atoms with E-state index in [1.807, 2.05) is 0 Å². The van der Waals surface area contributed by atoms with E-state index < -0.39 is 23.6 Å². The number of urea groups is 1. The average molecular weight is 487 g/mol. The molecule has 4 aromatic rings. The molecule has 180 valence electrons. The molecular formula is C23H17F4N5O3. The normalized spacial score (nSPS) is 11.2. The number of anilines is 2. The van der Waals surface area contributed by atoms with E-state index in [1.54, 1.807) is 13.0 Å². The zero-order valence-corrected chi connectivity index (χ0v) is 18.1. The van der Waals surface area contributed by atoms with Crippen LogP contribution in [0.5, 0.6) is 11.5 Å². The number of aromatic nitrogens is 3. The lowest BCUT2D eigenvalue weighted by molar-refractivity contribution is -0.137. The summed E-state index contributed by atoms with van der Waals surface area (Å²) in [6.07, 6.45) is -1.95. The summed E-state index contributed by atoms with van der Waals surface area (Å²) in [5.74, 6) is -0.115. The van der Waals surface area contributed by atoms with E-state index in [4.69, 9.17) is 9.15 Å². The summed E-state index contributed by atoms with van der Waals surface area (Å²) in [5, 5.41) is 9.71. The lowest BCUT2D eigenvalue weighted by Gasteiger charge is -2.22. The second-order valence-electron chi connectivity index (χ2n) is 7.09. The van der Waals surface area contributed by atoms with Crippen LogP contribution in [0, 0.1) is 5.82 Å². The molecule has 8 nitrogen and oxygen atoms in total. The number of benzene rings is 2. The van der Waals surface area contributed by atoms with Gasteiger partial charge in [-0.15, -0.1) is 10.2 Å². The highest BCUT2D eigenvalue weighted by Gasteiger charge is 2.30. The summed E-state index contributed by atoms with van der Waals surface area (Å²) >= 11 is 0. The first-order valence-electron chi connectivity index (χ1n) is 10.2. The molecule has 12 heteroatoms. The van der Waals surface area contributed by atoms with Gasteiger partial charge in [-0.1, -0.05) is 6.07 Å². The van der Waals surface area contributed by atoms with Gasteiger partial charge >= 0.3 is 12.2 Å². The summed E-state index contributed by atoms with van der Waals surface area (Å²) in [5.41, 5.74) is -0.700. The highest BCUT2D eigenvalue weighted by atomic mass is 19.4. The largest absolute Gasteiger partial charge is 0.457 e. The molecule has 0 fully saturated rings. The van der Waals surface area contributed by atoms with Gasteiger partial charge in [0.05, 0.1) is 11.3 Å². The van der Waals surface area contributed by atoms with Crippen LogP contribution in [0.4, 0.5) is 33.7 Å². The number of carbonyl (C=O) groups is 1. The number of hydrogen-bond acceptors (Lipinski definition) is 6.